The number of rotatable bonds is 4. The molecule has 0 spiro atoms. The molecular weight excluding hydrogens is 185 g/mol. The summed E-state index contributed by atoms with van der Waals surface area (Å²) in [5, 5.41) is 16.7. The third-order valence-corrected chi connectivity index (χ3v) is 0.963. The number of aliphatic hydroxyl groups excluding tert-OH is 2. The number of hydrogen-bond acceptors (Lipinski definition) is 4. The maximum Gasteiger partial charge on any atom is 0.314 e. The van der Waals surface area contributed by atoms with E-state index in [1.165, 1.54) is 0 Å². The Morgan fingerprint density at radius 1 is 1.17 bits per heavy atom. The third-order valence-electron chi connectivity index (χ3n) is 0.963. The van der Waals surface area contributed by atoms with Crippen LogP contribution >= 0.6 is 8.25 Å². The zero-order valence-corrected chi connectivity index (χ0v) is 7.97. The van der Waals surface area contributed by atoms with Crippen molar-refractivity contribution in [3.63, 3.8) is 0 Å². The topological polar surface area (TPSA) is 101 Å². The molecule has 12 heavy (non-hydrogen) atoms. The van der Waals surface area contributed by atoms with Gasteiger partial charge in [0.05, 0.1) is 13.2 Å². The van der Waals surface area contributed by atoms with E-state index >= 15 is 0 Å². The molecule has 0 aliphatic rings. The minimum absolute atomic E-state index is 0.163. The first-order valence-electron chi connectivity index (χ1n) is 3.36. The van der Waals surface area contributed by atoms with Crippen LogP contribution in [0, 0.1) is 0 Å². The van der Waals surface area contributed by atoms with E-state index in [1.807, 2.05) is 11.9 Å². The van der Waals surface area contributed by atoms with Gasteiger partial charge >= 0.3 is 8.25 Å². The van der Waals surface area contributed by atoms with Gasteiger partial charge in [0.1, 0.15) is 0 Å². The fourth-order valence-electron chi connectivity index (χ4n) is 0.453. The molecule has 0 atom stereocenters. The minimum atomic E-state index is -3.13. The summed E-state index contributed by atoms with van der Waals surface area (Å²) in [6.45, 7) is 1.61. The van der Waals surface area contributed by atoms with Crippen molar-refractivity contribution in [2.45, 2.75) is 0 Å². The largest absolute Gasteiger partial charge is 0.395 e. The second-order valence-electron chi connectivity index (χ2n) is 2.03. The molecule has 0 aromatic rings. The molecule has 76 valence electrons. The first-order valence-corrected chi connectivity index (χ1v) is 4.67. The maximum atomic E-state index is 8.74. The fourth-order valence-corrected chi connectivity index (χ4v) is 0.453. The zero-order valence-electron chi connectivity index (χ0n) is 6.97. The van der Waals surface area contributed by atoms with Crippen LogP contribution in [-0.2, 0) is 4.57 Å². The van der Waals surface area contributed by atoms with E-state index in [0.29, 0.717) is 13.1 Å². The van der Waals surface area contributed by atoms with Crippen molar-refractivity contribution in [3.8, 4) is 0 Å². The van der Waals surface area contributed by atoms with Crippen LogP contribution in [0.25, 0.3) is 0 Å². The summed E-state index contributed by atoms with van der Waals surface area (Å²) in [5.74, 6) is 0. The standard InChI is InChI=1S/C5H13NO2.H3O3P/c1-6(2-4-7)3-5-8;1-4(2)3/h7-8H,2-5H2,1H3;4H,(H2,1,2,3). The summed E-state index contributed by atoms with van der Waals surface area (Å²) in [4.78, 5) is 16.2. The second kappa shape index (κ2) is 11.0. The Hall–Kier alpha value is 0.0300. The van der Waals surface area contributed by atoms with Crippen LogP contribution in [0.4, 0.5) is 0 Å². The highest BCUT2D eigenvalue weighted by Crippen LogP contribution is 1.98. The van der Waals surface area contributed by atoms with Gasteiger partial charge in [-0.2, -0.15) is 0 Å². The summed E-state index contributed by atoms with van der Waals surface area (Å²) in [6, 6.07) is 0. The summed E-state index contributed by atoms with van der Waals surface area (Å²) < 4.78 is 8.74. The summed E-state index contributed by atoms with van der Waals surface area (Å²) >= 11 is 0. The van der Waals surface area contributed by atoms with E-state index in [-0.39, 0.29) is 13.2 Å². The maximum absolute atomic E-state index is 8.74. The first-order chi connectivity index (χ1) is 5.54. The van der Waals surface area contributed by atoms with Crippen molar-refractivity contribution in [2.24, 2.45) is 0 Å². The predicted molar refractivity (Wildman–Crippen MR) is 45.1 cm³/mol. The van der Waals surface area contributed by atoms with Gasteiger partial charge in [0.25, 0.3) is 0 Å². The van der Waals surface area contributed by atoms with E-state index in [0.717, 1.165) is 0 Å². The second-order valence-corrected chi connectivity index (χ2v) is 2.60. The van der Waals surface area contributed by atoms with Gasteiger partial charge in [0.15, 0.2) is 0 Å². The molecule has 7 heteroatoms. The Morgan fingerprint density at radius 3 is 1.58 bits per heavy atom. The zero-order chi connectivity index (χ0) is 9.98. The summed E-state index contributed by atoms with van der Waals surface area (Å²) in [7, 11) is -1.28. The van der Waals surface area contributed by atoms with Crippen LogP contribution in [-0.4, -0.2) is 58.3 Å². The van der Waals surface area contributed by atoms with Gasteiger partial charge in [-0.05, 0) is 7.05 Å². The molecule has 0 rings (SSSR count). The van der Waals surface area contributed by atoms with E-state index in [2.05, 4.69) is 0 Å². The minimum Gasteiger partial charge on any atom is -0.395 e. The van der Waals surface area contributed by atoms with Gasteiger partial charge in [-0.25, -0.2) is 0 Å². The first kappa shape index (κ1) is 14.5. The lowest BCUT2D eigenvalue weighted by Gasteiger charge is -2.11. The van der Waals surface area contributed by atoms with Crippen LogP contribution in [0.3, 0.4) is 0 Å². The van der Waals surface area contributed by atoms with Gasteiger partial charge in [0, 0.05) is 13.1 Å². The number of hydrogen-bond donors (Lipinski definition) is 4. The molecule has 0 heterocycles. The highest BCUT2D eigenvalue weighted by Gasteiger charge is 1.91. The van der Waals surface area contributed by atoms with Crippen LogP contribution in [0.1, 0.15) is 0 Å². The van der Waals surface area contributed by atoms with Crippen LogP contribution < -0.4 is 0 Å². The molecule has 0 aliphatic heterocycles. The molecule has 0 aliphatic carbocycles. The van der Waals surface area contributed by atoms with E-state index < -0.39 is 8.25 Å². The van der Waals surface area contributed by atoms with Crippen molar-refractivity contribution in [3.05, 3.63) is 0 Å². The molecule has 4 N–H and O–H groups in total. The molecule has 0 aromatic carbocycles. The van der Waals surface area contributed by atoms with Gasteiger partial charge in [-0.15, -0.1) is 0 Å². The molecule has 0 radical (unpaired) electrons. The Labute approximate surface area is 72.0 Å². The normalized spacial score (nSPS) is 9.92. The highest BCUT2D eigenvalue weighted by molar-refractivity contribution is 7.30. The summed E-state index contributed by atoms with van der Waals surface area (Å²) in [6.07, 6.45) is 0. The number of aliphatic hydroxyl groups is 2. The van der Waals surface area contributed by atoms with Crippen molar-refractivity contribution < 1.29 is 24.6 Å². The Balaban J connectivity index is 0. The number of nitrogens with zero attached hydrogens (tertiary/aromatic N) is 1. The molecule has 0 fully saturated rings. The molecule has 0 aromatic heterocycles. The monoisotopic (exact) mass is 201 g/mol. The van der Waals surface area contributed by atoms with E-state index in [1.54, 1.807) is 0 Å². The van der Waals surface area contributed by atoms with Crippen LogP contribution in [0.5, 0.6) is 0 Å². The van der Waals surface area contributed by atoms with Crippen molar-refractivity contribution in [1.29, 1.82) is 0 Å². The van der Waals surface area contributed by atoms with Crippen LogP contribution in [0.2, 0.25) is 0 Å². The van der Waals surface area contributed by atoms with Gasteiger partial charge < -0.3 is 24.9 Å². The van der Waals surface area contributed by atoms with Gasteiger partial charge in [0.2, 0.25) is 0 Å². The molecular formula is C5H16NO5P. The SMILES string of the molecule is CN(CCO)CCO.O=[PH](O)O. The van der Waals surface area contributed by atoms with Crippen LogP contribution in [0.15, 0.2) is 0 Å². The lowest BCUT2D eigenvalue weighted by molar-refractivity contribution is 0.184. The lowest BCUT2D eigenvalue weighted by Crippen LogP contribution is -2.25. The van der Waals surface area contributed by atoms with Gasteiger partial charge in [-0.1, -0.05) is 0 Å². The Kier molecular flexibility index (Phi) is 13.4. The Bertz CT molecular complexity index is 102. The molecule has 0 amide bonds. The fraction of sp³-hybridized carbons (Fsp3) is 1.00. The molecule has 0 bridgehead atoms. The Morgan fingerprint density at radius 2 is 1.42 bits per heavy atom. The van der Waals surface area contributed by atoms with E-state index in [4.69, 9.17) is 24.6 Å². The smallest absolute Gasteiger partial charge is 0.314 e. The molecule has 0 saturated heterocycles. The van der Waals surface area contributed by atoms with E-state index in [9.17, 15) is 0 Å². The molecule has 0 unspecified atom stereocenters. The molecule has 6 nitrogen and oxygen atoms in total. The average molecular weight is 201 g/mol. The number of likely N-dealkylation sites (N-methyl/N-ethyl adjacent to an activating group) is 1. The predicted octanol–water partition coefficient (Wildman–Crippen LogP) is -1.74. The lowest BCUT2D eigenvalue weighted by atomic mass is 10.5. The van der Waals surface area contributed by atoms with Crippen molar-refractivity contribution >= 4 is 8.25 Å². The van der Waals surface area contributed by atoms with Crippen molar-refractivity contribution in [1.82, 2.24) is 4.90 Å². The third kappa shape index (κ3) is 22.5. The molecule has 0 saturated carbocycles. The van der Waals surface area contributed by atoms with Gasteiger partial charge in [-0.3, -0.25) is 4.57 Å². The van der Waals surface area contributed by atoms with Crippen molar-refractivity contribution in [2.75, 3.05) is 33.4 Å². The highest BCUT2D eigenvalue weighted by atomic mass is 31.1. The quantitative estimate of drug-likeness (QED) is 0.403. The average Bonchev–Trinajstić information content (AvgIpc) is 1.87. The summed E-state index contributed by atoms with van der Waals surface area (Å²) in [5.41, 5.74) is 0.